The molecule has 6 nitrogen and oxygen atoms in total. The van der Waals surface area contributed by atoms with Crippen molar-refractivity contribution in [1.82, 2.24) is 15.1 Å². The lowest BCUT2D eigenvalue weighted by Crippen LogP contribution is -2.41. The molecule has 1 atom stereocenters. The summed E-state index contributed by atoms with van der Waals surface area (Å²) in [6.45, 7) is 10.2. The smallest absolute Gasteiger partial charge is 0.412 e. The lowest BCUT2D eigenvalue weighted by atomic mass is 9.99. The number of halogens is 3. The van der Waals surface area contributed by atoms with Crippen molar-refractivity contribution >= 4 is 12.6 Å². The Kier molecular flexibility index (Phi) is 8.90. The fourth-order valence-corrected chi connectivity index (χ4v) is 3.09. The monoisotopic (exact) mass is 460 g/mol. The molecule has 0 aliphatic heterocycles. The van der Waals surface area contributed by atoms with Crippen molar-refractivity contribution in [2.45, 2.75) is 39.9 Å². The van der Waals surface area contributed by atoms with Gasteiger partial charge in [-0.1, -0.05) is 18.2 Å². The van der Waals surface area contributed by atoms with Gasteiger partial charge in [0, 0.05) is 29.3 Å². The predicted molar refractivity (Wildman–Crippen MR) is 122 cm³/mol. The van der Waals surface area contributed by atoms with Gasteiger partial charge in [-0.05, 0) is 58.2 Å². The lowest BCUT2D eigenvalue weighted by molar-refractivity contribution is -0.0913. The van der Waals surface area contributed by atoms with Crippen LogP contribution in [-0.2, 0) is 4.74 Å². The minimum Gasteiger partial charge on any atom is -0.475 e. The second-order valence-electron chi connectivity index (χ2n) is 7.39. The fourth-order valence-electron chi connectivity index (χ4n) is 3.09. The highest BCUT2D eigenvalue weighted by Crippen LogP contribution is 2.26. The molecular formula is C24H27F3N4O2. The molecule has 1 aromatic carbocycles. The number of hydrogen-bond donors (Lipinski definition) is 0. The van der Waals surface area contributed by atoms with E-state index in [-0.39, 0.29) is 24.4 Å². The molecule has 0 saturated heterocycles. The molecule has 0 fully saturated rings. The van der Waals surface area contributed by atoms with E-state index in [1.54, 1.807) is 30.2 Å². The van der Waals surface area contributed by atoms with Crippen LogP contribution >= 0.6 is 0 Å². The van der Waals surface area contributed by atoms with Crippen LogP contribution < -0.4 is 0 Å². The third-order valence-electron chi connectivity index (χ3n) is 4.93. The van der Waals surface area contributed by atoms with Gasteiger partial charge < -0.3 is 9.64 Å². The van der Waals surface area contributed by atoms with E-state index in [0.717, 1.165) is 35.9 Å². The molecule has 0 radical (unpaired) electrons. The van der Waals surface area contributed by atoms with Gasteiger partial charge in [0.25, 0.3) is 5.91 Å². The number of rotatable bonds is 9. The molecule has 1 heterocycles. The maximum Gasteiger partial charge on any atom is 0.412 e. The number of alkyl halides is 3. The molecule has 0 aliphatic rings. The third kappa shape index (κ3) is 7.00. The van der Waals surface area contributed by atoms with Gasteiger partial charge in [-0.2, -0.15) is 23.4 Å². The molecule has 0 bridgehead atoms. The molecular weight excluding hydrogens is 433 g/mol. The van der Waals surface area contributed by atoms with Gasteiger partial charge in [0.1, 0.15) is 6.61 Å². The minimum atomic E-state index is -4.43. The summed E-state index contributed by atoms with van der Waals surface area (Å²) in [5, 5.41) is 7.93. The van der Waals surface area contributed by atoms with Crippen molar-refractivity contribution < 1.29 is 22.7 Å². The van der Waals surface area contributed by atoms with Gasteiger partial charge >= 0.3 is 6.18 Å². The van der Waals surface area contributed by atoms with Gasteiger partial charge in [0.2, 0.25) is 5.88 Å². The van der Waals surface area contributed by atoms with E-state index >= 15 is 0 Å². The molecule has 0 aliphatic carbocycles. The van der Waals surface area contributed by atoms with Crippen LogP contribution in [0.5, 0.6) is 0 Å². The zero-order valence-corrected chi connectivity index (χ0v) is 19.1. The Labute approximate surface area is 191 Å². The van der Waals surface area contributed by atoms with E-state index in [1.165, 1.54) is 0 Å². The number of benzene rings is 1. The van der Waals surface area contributed by atoms with E-state index in [0.29, 0.717) is 12.1 Å². The Hall–Kier alpha value is -3.49. The summed E-state index contributed by atoms with van der Waals surface area (Å²) < 4.78 is 43.5. The van der Waals surface area contributed by atoms with Gasteiger partial charge in [-0.3, -0.25) is 4.79 Å². The molecule has 0 saturated carbocycles. The quantitative estimate of drug-likeness (QED) is 0.287. The van der Waals surface area contributed by atoms with Crippen molar-refractivity contribution in [3.63, 3.8) is 0 Å². The molecule has 9 heteroatoms. The van der Waals surface area contributed by atoms with E-state index in [9.17, 15) is 18.0 Å². The average Bonchev–Trinajstić information content (AvgIpc) is 2.78. The van der Waals surface area contributed by atoms with Crippen molar-refractivity contribution in [3.8, 4) is 11.1 Å². The SMILES string of the molecule is C=N/C(=C\C=C(/C)C(F)(F)F)OC[C@H](C)N(CC)C(=O)c1ccccc1-c1cnnc(C)c1. The van der Waals surface area contributed by atoms with E-state index in [4.69, 9.17) is 4.74 Å². The summed E-state index contributed by atoms with van der Waals surface area (Å²) >= 11 is 0. The summed E-state index contributed by atoms with van der Waals surface area (Å²) in [4.78, 5) is 18.6. The standard InChI is InChI=1S/C24H27F3N4O2/c1-6-31(18(4)15-33-22(28-5)12-11-16(2)24(25,26)27)23(32)21-10-8-7-9-20(21)19-13-17(3)30-29-14-19/h7-14,18H,5-6,15H2,1-4H3/b16-11+,22-12+/t18-/m0/s1. The highest BCUT2D eigenvalue weighted by Gasteiger charge is 2.29. The van der Waals surface area contributed by atoms with Crippen LogP contribution in [0.2, 0.25) is 0 Å². The largest absolute Gasteiger partial charge is 0.475 e. The van der Waals surface area contributed by atoms with Crippen LogP contribution in [0.4, 0.5) is 13.2 Å². The van der Waals surface area contributed by atoms with Crippen LogP contribution in [0.25, 0.3) is 11.1 Å². The van der Waals surface area contributed by atoms with Crippen molar-refractivity contribution in [2.24, 2.45) is 4.99 Å². The highest BCUT2D eigenvalue weighted by molar-refractivity contribution is 6.01. The minimum absolute atomic E-state index is 0.0292. The molecule has 0 N–H and O–H groups in total. The Balaban J connectivity index is 2.20. The number of aliphatic imine (C=N–C) groups is 1. The van der Waals surface area contributed by atoms with Gasteiger partial charge in [-0.25, -0.2) is 4.99 Å². The first kappa shape index (κ1) is 25.8. The first-order chi connectivity index (χ1) is 15.6. The number of likely N-dealkylation sites (N-methyl/N-ethyl adjacent to an activating group) is 1. The van der Waals surface area contributed by atoms with Crippen molar-refractivity contribution in [2.75, 3.05) is 13.2 Å². The summed E-state index contributed by atoms with van der Waals surface area (Å²) in [7, 11) is 0. The Bertz CT molecular complexity index is 1050. The second-order valence-corrected chi connectivity index (χ2v) is 7.39. The number of carbonyl (C=O) groups excluding carboxylic acids is 1. The number of aryl methyl sites for hydroxylation is 1. The van der Waals surface area contributed by atoms with E-state index in [1.807, 2.05) is 32.0 Å². The number of ether oxygens (including phenoxy) is 1. The normalized spacial score (nSPS) is 13.4. The first-order valence-corrected chi connectivity index (χ1v) is 10.3. The number of carbonyl (C=O) groups is 1. The molecule has 176 valence electrons. The number of nitrogens with zero attached hydrogens (tertiary/aromatic N) is 4. The molecule has 2 rings (SSSR count). The summed E-state index contributed by atoms with van der Waals surface area (Å²) in [6.07, 6.45) is -0.851. The summed E-state index contributed by atoms with van der Waals surface area (Å²) in [6, 6.07) is 8.68. The van der Waals surface area contributed by atoms with E-state index in [2.05, 4.69) is 21.9 Å². The molecule has 1 aromatic heterocycles. The van der Waals surface area contributed by atoms with Crippen LogP contribution in [0, 0.1) is 6.92 Å². The summed E-state index contributed by atoms with van der Waals surface area (Å²) in [5.41, 5.74) is 1.95. The van der Waals surface area contributed by atoms with Crippen LogP contribution in [-0.4, -0.2) is 53.1 Å². The maximum atomic E-state index is 13.4. The van der Waals surface area contributed by atoms with Crippen LogP contribution in [0.3, 0.4) is 0 Å². The maximum absolute atomic E-state index is 13.4. The summed E-state index contributed by atoms with van der Waals surface area (Å²) in [5.74, 6) is -0.267. The average molecular weight is 461 g/mol. The van der Waals surface area contributed by atoms with Gasteiger partial charge in [-0.15, -0.1) is 0 Å². The molecule has 33 heavy (non-hydrogen) atoms. The first-order valence-electron chi connectivity index (χ1n) is 10.3. The van der Waals surface area contributed by atoms with Crippen LogP contribution in [0.15, 0.2) is 65.1 Å². The Morgan fingerprint density at radius 3 is 2.61 bits per heavy atom. The highest BCUT2D eigenvalue weighted by atomic mass is 19.4. The van der Waals surface area contributed by atoms with Crippen molar-refractivity contribution in [1.29, 1.82) is 0 Å². The molecule has 0 spiro atoms. The Morgan fingerprint density at radius 2 is 2.00 bits per heavy atom. The fraction of sp³-hybridized carbons (Fsp3) is 0.333. The lowest BCUT2D eigenvalue weighted by Gasteiger charge is -2.29. The number of allylic oxidation sites excluding steroid dienone is 3. The number of amides is 1. The predicted octanol–water partition coefficient (Wildman–Crippen LogP) is 5.37. The van der Waals surface area contributed by atoms with Gasteiger partial charge in [0.15, 0.2) is 0 Å². The molecule has 2 aromatic rings. The van der Waals surface area contributed by atoms with Gasteiger partial charge in [0.05, 0.1) is 17.9 Å². The molecule has 1 amide bonds. The number of aromatic nitrogens is 2. The van der Waals surface area contributed by atoms with Crippen molar-refractivity contribution in [3.05, 3.63) is 71.4 Å². The Morgan fingerprint density at radius 1 is 1.30 bits per heavy atom. The van der Waals surface area contributed by atoms with Crippen LogP contribution in [0.1, 0.15) is 36.8 Å². The zero-order valence-electron chi connectivity index (χ0n) is 19.1. The third-order valence-corrected chi connectivity index (χ3v) is 4.93. The zero-order chi connectivity index (χ0) is 24.6. The number of hydrogen-bond acceptors (Lipinski definition) is 5. The molecule has 0 unspecified atom stereocenters. The topological polar surface area (TPSA) is 67.7 Å². The van der Waals surface area contributed by atoms with E-state index < -0.39 is 11.7 Å². The second kappa shape index (κ2) is 11.4.